The number of thioether (sulfide) groups is 1. The summed E-state index contributed by atoms with van der Waals surface area (Å²) in [6.07, 6.45) is -3.59. The van der Waals surface area contributed by atoms with Crippen LogP contribution in [0.4, 0.5) is 0 Å². The molecule has 9 heteroatoms. The number of benzene rings is 2. The fraction of sp³-hybridized carbons (Fsp3) is 0.381. The van der Waals surface area contributed by atoms with Crippen molar-refractivity contribution in [2.75, 3.05) is 13.7 Å². The van der Waals surface area contributed by atoms with Crippen LogP contribution in [0.15, 0.2) is 42.5 Å². The third-order valence-electron chi connectivity index (χ3n) is 4.88. The topological polar surface area (TPSA) is 116 Å². The van der Waals surface area contributed by atoms with E-state index in [-0.39, 0.29) is 6.61 Å². The van der Waals surface area contributed by atoms with Gasteiger partial charge in [-0.3, -0.25) is 0 Å². The van der Waals surface area contributed by atoms with Gasteiger partial charge < -0.3 is 29.9 Å². The lowest BCUT2D eigenvalue weighted by Crippen LogP contribution is -2.55. The number of aliphatic hydroxyl groups excluding tert-OH is 4. The molecule has 5 atom stereocenters. The van der Waals surface area contributed by atoms with Crippen molar-refractivity contribution >= 4 is 29.3 Å². The first-order chi connectivity index (χ1) is 14.3. The van der Waals surface area contributed by atoms with Crippen molar-refractivity contribution in [3.05, 3.63) is 64.2 Å². The Morgan fingerprint density at radius 2 is 1.77 bits per heavy atom. The first-order valence-electron chi connectivity index (χ1n) is 9.27. The highest BCUT2D eigenvalue weighted by Gasteiger charge is 2.44. The predicted octanol–water partition coefficient (Wildman–Crippen LogP) is 1.61. The maximum absolute atomic E-state index is 11.6. The Morgan fingerprint density at radius 1 is 1.07 bits per heavy atom. The lowest BCUT2D eigenvalue weighted by Gasteiger charge is -2.39. The standard InChI is InChI=1S/C21H23ClO7S/c1-28-20(27)12-4-2-11(3-5-12)8-13-9-14(22)6-7-15(13)29-21-19(26)18(25)17(24)16(10-23)30-21/h2-7,9,16-19,21,23-26H,8,10H2,1H3/t16-,17+,18-,19+,21-/m0/s1. The molecule has 0 bridgehead atoms. The smallest absolute Gasteiger partial charge is 0.337 e. The van der Waals surface area contributed by atoms with E-state index >= 15 is 0 Å². The van der Waals surface area contributed by atoms with Crippen LogP contribution in [0.2, 0.25) is 5.02 Å². The Bertz CT molecular complexity index is 874. The fourth-order valence-corrected chi connectivity index (χ4v) is 4.62. The molecule has 1 heterocycles. The number of carbonyl (C=O) groups excluding carboxylic acids is 1. The molecule has 2 aromatic rings. The summed E-state index contributed by atoms with van der Waals surface area (Å²) in [5, 5.41) is 39.6. The molecular formula is C21H23ClO7S. The van der Waals surface area contributed by atoms with Gasteiger partial charge in [-0.2, -0.15) is 0 Å². The van der Waals surface area contributed by atoms with Gasteiger partial charge in [-0.15, -0.1) is 11.8 Å². The van der Waals surface area contributed by atoms with Crippen LogP contribution in [-0.4, -0.2) is 69.1 Å². The molecule has 0 saturated carbocycles. The summed E-state index contributed by atoms with van der Waals surface area (Å²) in [5.74, 6) is 0.0316. The number of hydrogen-bond acceptors (Lipinski definition) is 8. The zero-order valence-electron chi connectivity index (χ0n) is 16.1. The molecule has 4 N–H and O–H groups in total. The second-order valence-corrected chi connectivity index (χ2v) is 8.71. The van der Waals surface area contributed by atoms with Crippen LogP contribution in [0.1, 0.15) is 21.5 Å². The number of hydrogen-bond donors (Lipinski definition) is 4. The molecule has 0 aromatic heterocycles. The molecule has 7 nitrogen and oxygen atoms in total. The Balaban J connectivity index is 1.81. The molecule has 0 radical (unpaired) electrons. The van der Waals surface area contributed by atoms with Gasteiger partial charge in [0.25, 0.3) is 0 Å². The van der Waals surface area contributed by atoms with Crippen LogP contribution in [0.25, 0.3) is 0 Å². The average molecular weight is 455 g/mol. The lowest BCUT2D eigenvalue weighted by molar-refractivity contribution is -0.0910. The number of halogens is 1. The minimum Gasteiger partial charge on any atom is -0.477 e. The number of ether oxygens (including phenoxy) is 2. The third-order valence-corrected chi connectivity index (χ3v) is 6.54. The van der Waals surface area contributed by atoms with Gasteiger partial charge in [0.2, 0.25) is 0 Å². The Hall–Kier alpha value is -1.81. The van der Waals surface area contributed by atoms with Crippen molar-refractivity contribution in [2.45, 2.75) is 35.4 Å². The highest BCUT2D eigenvalue weighted by molar-refractivity contribution is 8.00. The molecule has 1 aliphatic rings. The first-order valence-corrected chi connectivity index (χ1v) is 10.6. The molecule has 0 unspecified atom stereocenters. The normalized spacial score (nSPS) is 26.3. The minimum atomic E-state index is -1.44. The van der Waals surface area contributed by atoms with Gasteiger partial charge in [-0.1, -0.05) is 23.7 Å². The highest BCUT2D eigenvalue weighted by atomic mass is 35.5. The van der Waals surface area contributed by atoms with Crippen LogP contribution < -0.4 is 4.74 Å². The van der Waals surface area contributed by atoms with Crippen molar-refractivity contribution in [1.82, 2.24) is 0 Å². The lowest BCUT2D eigenvalue weighted by atomic mass is 10.0. The number of rotatable bonds is 6. The number of carbonyl (C=O) groups is 1. The van der Waals surface area contributed by atoms with Gasteiger partial charge in [0.1, 0.15) is 18.0 Å². The highest BCUT2D eigenvalue weighted by Crippen LogP contribution is 2.36. The zero-order valence-corrected chi connectivity index (χ0v) is 17.7. The quantitative estimate of drug-likeness (QED) is 0.486. The summed E-state index contributed by atoms with van der Waals surface area (Å²) in [5.41, 5.74) is 1.19. The van der Waals surface area contributed by atoms with Gasteiger partial charge in [-0.25, -0.2) is 4.79 Å². The minimum absolute atomic E-state index is 0.366. The first kappa shape index (κ1) is 22.9. The Morgan fingerprint density at radius 3 is 2.40 bits per heavy atom. The number of aliphatic hydroxyl groups is 4. The molecule has 3 rings (SSSR count). The largest absolute Gasteiger partial charge is 0.477 e. The average Bonchev–Trinajstić information content (AvgIpc) is 2.75. The van der Waals surface area contributed by atoms with Crippen LogP contribution in [-0.2, 0) is 11.2 Å². The second-order valence-electron chi connectivity index (χ2n) is 6.93. The van der Waals surface area contributed by atoms with E-state index in [2.05, 4.69) is 0 Å². The van der Waals surface area contributed by atoms with E-state index < -0.39 is 35.0 Å². The molecular weight excluding hydrogens is 432 g/mol. The molecule has 162 valence electrons. The molecule has 30 heavy (non-hydrogen) atoms. The summed E-state index contributed by atoms with van der Waals surface area (Å²) in [6.45, 7) is -0.366. The summed E-state index contributed by atoms with van der Waals surface area (Å²) >= 11 is 7.21. The number of esters is 1. The van der Waals surface area contributed by atoms with Crippen molar-refractivity contribution in [1.29, 1.82) is 0 Å². The molecule has 0 amide bonds. The molecule has 2 aromatic carbocycles. The van der Waals surface area contributed by atoms with E-state index in [1.165, 1.54) is 7.11 Å². The molecule has 1 aliphatic heterocycles. The number of methoxy groups -OCH3 is 1. The Kier molecular flexibility index (Phi) is 7.62. The summed E-state index contributed by atoms with van der Waals surface area (Å²) < 4.78 is 10.7. The van der Waals surface area contributed by atoms with E-state index in [0.29, 0.717) is 22.8 Å². The molecule has 1 saturated heterocycles. The summed E-state index contributed by atoms with van der Waals surface area (Å²) in [7, 11) is 1.32. The van der Waals surface area contributed by atoms with E-state index in [0.717, 1.165) is 22.9 Å². The maximum atomic E-state index is 11.6. The zero-order chi connectivity index (χ0) is 21.8. The van der Waals surface area contributed by atoms with Gasteiger partial charge in [0, 0.05) is 17.0 Å². The van der Waals surface area contributed by atoms with Crippen molar-refractivity contribution < 1.29 is 34.7 Å². The van der Waals surface area contributed by atoms with E-state index in [1.54, 1.807) is 42.5 Å². The van der Waals surface area contributed by atoms with E-state index in [9.17, 15) is 25.2 Å². The van der Waals surface area contributed by atoms with Crippen LogP contribution >= 0.6 is 23.4 Å². The van der Waals surface area contributed by atoms with Gasteiger partial charge in [0.15, 0.2) is 5.44 Å². The molecule has 1 fully saturated rings. The third kappa shape index (κ3) is 5.08. The van der Waals surface area contributed by atoms with Crippen molar-refractivity contribution in [3.8, 4) is 5.75 Å². The second kappa shape index (κ2) is 10.00. The van der Waals surface area contributed by atoms with E-state index in [1.807, 2.05) is 0 Å². The van der Waals surface area contributed by atoms with Gasteiger partial charge >= 0.3 is 5.97 Å². The summed E-state index contributed by atoms with van der Waals surface area (Å²) in [6, 6.07) is 12.0. The van der Waals surface area contributed by atoms with Gasteiger partial charge in [-0.05, 0) is 35.9 Å². The SMILES string of the molecule is COC(=O)c1ccc(Cc2cc(Cl)ccc2O[C@H]2S[C@@H](CO)[C@@H](O)[C@H](O)[C@H]2O)cc1. The van der Waals surface area contributed by atoms with Crippen LogP contribution in [0, 0.1) is 0 Å². The monoisotopic (exact) mass is 454 g/mol. The van der Waals surface area contributed by atoms with Crippen molar-refractivity contribution in [2.24, 2.45) is 0 Å². The van der Waals surface area contributed by atoms with Crippen LogP contribution in [0.3, 0.4) is 0 Å². The Labute approximate surface area is 183 Å². The predicted molar refractivity (Wildman–Crippen MR) is 113 cm³/mol. The van der Waals surface area contributed by atoms with Gasteiger partial charge in [0.05, 0.1) is 30.6 Å². The molecule has 0 aliphatic carbocycles. The fourth-order valence-electron chi connectivity index (χ4n) is 3.19. The summed E-state index contributed by atoms with van der Waals surface area (Å²) in [4.78, 5) is 11.6. The maximum Gasteiger partial charge on any atom is 0.337 e. The van der Waals surface area contributed by atoms with Crippen molar-refractivity contribution in [3.63, 3.8) is 0 Å². The molecule has 0 spiro atoms. The van der Waals surface area contributed by atoms with Crippen LogP contribution in [0.5, 0.6) is 5.75 Å². The van der Waals surface area contributed by atoms with E-state index in [4.69, 9.17) is 21.1 Å².